The Kier molecular flexibility index (Phi) is 3.87. The highest BCUT2D eigenvalue weighted by atomic mass is 15.2. The van der Waals surface area contributed by atoms with Crippen molar-refractivity contribution in [1.29, 1.82) is 0 Å². The lowest BCUT2D eigenvalue weighted by Gasteiger charge is -2.16. The molecule has 0 aromatic carbocycles. The van der Waals surface area contributed by atoms with Gasteiger partial charge >= 0.3 is 0 Å². The standard InChI is InChI=1S/C14H25N3/c1-12(2)8-15-11-14(6-7-14)5-4-13-9-16-17(3)10-13/h9-10,12,15H,4-8,11H2,1-3H3. The number of nitrogens with one attached hydrogen (secondary N) is 1. The maximum Gasteiger partial charge on any atom is 0.0521 e. The molecule has 17 heavy (non-hydrogen) atoms. The molecule has 3 nitrogen and oxygen atoms in total. The van der Waals surface area contributed by atoms with E-state index < -0.39 is 0 Å². The molecule has 1 fully saturated rings. The molecule has 0 aliphatic heterocycles. The van der Waals surface area contributed by atoms with Crippen molar-refractivity contribution in [2.75, 3.05) is 13.1 Å². The molecule has 2 rings (SSSR count). The second-order valence-corrected chi connectivity index (χ2v) is 6.05. The summed E-state index contributed by atoms with van der Waals surface area (Å²) in [6.45, 7) is 6.88. The van der Waals surface area contributed by atoms with Crippen molar-refractivity contribution in [3.63, 3.8) is 0 Å². The molecule has 0 atom stereocenters. The third kappa shape index (κ3) is 3.84. The van der Waals surface area contributed by atoms with Gasteiger partial charge in [0.25, 0.3) is 0 Å². The van der Waals surface area contributed by atoms with Crippen molar-refractivity contribution < 1.29 is 0 Å². The molecule has 0 amide bonds. The highest BCUT2D eigenvalue weighted by Crippen LogP contribution is 2.48. The van der Waals surface area contributed by atoms with Gasteiger partial charge in [0.05, 0.1) is 6.20 Å². The Morgan fingerprint density at radius 3 is 2.76 bits per heavy atom. The maximum absolute atomic E-state index is 4.22. The van der Waals surface area contributed by atoms with Crippen molar-refractivity contribution in [2.45, 2.75) is 39.5 Å². The van der Waals surface area contributed by atoms with Gasteiger partial charge in [-0.05, 0) is 49.1 Å². The minimum atomic E-state index is 0.602. The molecule has 0 bridgehead atoms. The van der Waals surface area contributed by atoms with E-state index in [1.54, 1.807) is 0 Å². The first-order valence-electron chi connectivity index (χ1n) is 6.78. The lowest BCUT2D eigenvalue weighted by Crippen LogP contribution is -2.27. The van der Waals surface area contributed by atoms with Crippen LogP contribution >= 0.6 is 0 Å². The van der Waals surface area contributed by atoms with E-state index in [0.717, 1.165) is 12.5 Å². The zero-order valence-electron chi connectivity index (χ0n) is 11.4. The highest BCUT2D eigenvalue weighted by Gasteiger charge is 2.41. The van der Waals surface area contributed by atoms with Crippen LogP contribution in [0, 0.1) is 11.3 Å². The predicted molar refractivity (Wildman–Crippen MR) is 70.9 cm³/mol. The molecule has 1 heterocycles. The van der Waals surface area contributed by atoms with Crippen LogP contribution in [0.15, 0.2) is 12.4 Å². The minimum absolute atomic E-state index is 0.602. The third-order valence-corrected chi connectivity index (χ3v) is 3.71. The monoisotopic (exact) mass is 235 g/mol. The van der Waals surface area contributed by atoms with Crippen molar-refractivity contribution >= 4 is 0 Å². The summed E-state index contributed by atoms with van der Waals surface area (Å²) in [7, 11) is 1.99. The molecule has 96 valence electrons. The predicted octanol–water partition coefficient (Wildman–Crippen LogP) is 2.38. The zero-order valence-corrected chi connectivity index (χ0v) is 11.4. The molecule has 1 aliphatic carbocycles. The first-order chi connectivity index (χ1) is 8.10. The van der Waals surface area contributed by atoms with Gasteiger partial charge in [-0.1, -0.05) is 13.8 Å². The van der Waals surface area contributed by atoms with E-state index in [-0.39, 0.29) is 0 Å². The first-order valence-corrected chi connectivity index (χ1v) is 6.78. The fraction of sp³-hybridized carbons (Fsp3) is 0.786. The van der Waals surface area contributed by atoms with Crippen molar-refractivity contribution in [2.24, 2.45) is 18.4 Å². The molecule has 1 N–H and O–H groups in total. The van der Waals surface area contributed by atoms with Crippen molar-refractivity contribution in [3.05, 3.63) is 18.0 Å². The summed E-state index contributed by atoms with van der Waals surface area (Å²) in [5, 5.41) is 7.83. The SMILES string of the molecule is CC(C)CNCC1(CCc2cnn(C)c2)CC1. The number of nitrogens with zero attached hydrogens (tertiary/aromatic N) is 2. The molecule has 1 aromatic heterocycles. The summed E-state index contributed by atoms with van der Waals surface area (Å²) < 4.78 is 1.89. The van der Waals surface area contributed by atoms with Crippen molar-refractivity contribution in [1.82, 2.24) is 15.1 Å². The van der Waals surface area contributed by atoms with E-state index in [9.17, 15) is 0 Å². The smallest absolute Gasteiger partial charge is 0.0521 e. The molecule has 1 saturated carbocycles. The Bertz CT molecular complexity index is 350. The fourth-order valence-corrected chi connectivity index (χ4v) is 2.33. The van der Waals surface area contributed by atoms with E-state index in [4.69, 9.17) is 0 Å². The maximum atomic E-state index is 4.22. The quantitative estimate of drug-likeness (QED) is 0.786. The molecule has 0 radical (unpaired) electrons. The second kappa shape index (κ2) is 5.21. The zero-order chi connectivity index (χ0) is 12.3. The normalized spacial score (nSPS) is 17.6. The molecule has 3 heteroatoms. The van der Waals surface area contributed by atoms with E-state index >= 15 is 0 Å². The van der Waals surface area contributed by atoms with Crippen LogP contribution < -0.4 is 5.32 Å². The first kappa shape index (κ1) is 12.6. The van der Waals surface area contributed by atoms with Gasteiger partial charge in [0.15, 0.2) is 0 Å². The summed E-state index contributed by atoms with van der Waals surface area (Å²) in [5.41, 5.74) is 1.98. The highest BCUT2D eigenvalue weighted by molar-refractivity contribution is 5.06. The summed E-state index contributed by atoms with van der Waals surface area (Å²) in [6.07, 6.45) is 9.42. The molecular formula is C14H25N3. The second-order valence-electron chi connectivity index (χ2n) is 6.05. The van der Waals surface area contributed by atoms with Crippen LogP contribution in [-0.4, -0.2) is 22.9 Å². The van der Waals surface area contributed by atoms with Gasteiger partial charge in [-0.25, -0.2) is 0 Å². The Balaban J connectivity index is 1.71. The largest absolute Gasteiger partial charge is 0.316 e. The summed E-state index contributed by atoms with van der Waals surface area (Å²) in [4.78, 5) is 0. The van der Waals surface area contributed by atoms with Crippen LogP contribution in [0.3, 0.4) is 0 Å². The third-order valence-electron chi connectivity index (χ3n) is 3.71. The topological polar surface area (TPSA) is 29.9 Å². The Morgan fingerprint density at radius 2 is 2.24 bits per heavy atom. The van der Waals surface area contributed by atoms with Gasteiger partial charge in [0.2, 0.25) is 0 Å². The van der Waals surface area contributed by atoms with Crippen LogP contribution in [-0.2, 0) is 13.5 Å². The molecular weight excluding hydrogens is 210 g/mol. The summed E-state index contributed by atoms with van der Waals surface area (Å²) in [5.74, 6) is 0.754. The molecule has 1 aliphatic rings. The van der Waals surface area contributed by atoms with Crippen LogP contribution in [0.4, 0.5) is 0 Å². The van der Waals surface area contributed by atoms with E-state index in [2.05, 4.69) is 30.5 Å². The Hall–Kier alpha value is -0.830. The number of hydrogen-bond acceptors (Lipinski definition) is 2. The number of hydrogen-bond donors (Lipinski definition) is 1. The molecule has 1 aromatic rings. The number of aryl methyl sites for hydroxylation is 2. The number of aromatic nitrogens is 2. The van der Waals surface area contributed by atoms with Crippen LogP contribution in [0.5, 0.6) is 0 Å². The van der Waals surface area contributed by atoms with Gasteiger partial charge < -0.3 is 5.32 Å². The Morgan fingerprint density at radius 1 is 1.47 bits per heavy atom. The molecule has 0 spiro atoms. The van der Waals surface area contributed by atoms with Gasteiger partial charge in [0, 0.05) is 19.8 Å². The molecule has 0 saturated heterocycles. The molecule has 0 unspecified atom stereocenters. The number of rotatable bonds is 7. The average Bonchev–Trinajstić information content (AvgIpc) is 2.91. The lowest BCUT2D eigenvalue weighted by atomic mass is 9.98. The van der Waals surface area contributed by atoms with Crippen LogP contribution in [0.25, 0.3) is 0 Å². The fourth-order valence-electron chi connectivity index (χ4n) is 2.33. The van der Waals surface area contributed by atoms with E-state index in [1.165, 1.54) is 37.8 Å². The van der Waals surface area contributed by atoms with Crippen molar-refractivity contribution in [3.8, 4) is 0 Å². The summed E-state index contributed by atoms with van der Waals surface area (Å²) >= 11 is 0. The van der Waals surface area contributed by atoms with Gasteiger partial charge in [-0.15, -0.1) is 0 Å². The average molecular weight is 235 g/mol. The minimum Gasteiger partial charge on any atom is -0.316 e. The van der Waals surface area contributed by atoms with Crippen LogP contribution in [0.1, 0.15) is 38.7 Å². The Labute approximate surface area is 105 Å². The van der Waals surface area contributed by atoms with Gasteiger partial charge in [0.1, 0.15) is 0 Å². The van der Waals surface area contributed by atoms with E-state index in [1.807, 2.05) is 17.9 Å². The van der Waals surface area contributed by atoms with E-state index in [0.29, 0.717) is 5.41 Å². The van der Waals surface area contributed by atoms with Crippen LogP contribution in [0.2, 0.25) is 0 Å². The summed E-state index contributed by atoms with van der Waals surface area (Å²) in [6, 6.07) is 0. The van der Waals surface area contributed by atoms with Gasteiger partial charge in [-0.2, -0.15) is 5.10 Å². The lowest BCUT2D eigenvalue weighted by molar-refractivity contribution is 0.409. The van der Waals surface area contributed by atoms with Gasteiger partial charge in [-0.3, -0.25) is 4.68 Å².